The summed E-state index contributed by atoms with van der Waals surface area (Å²) in [6, 6.07) is 12.3. The van der Waals surface area contributed by atoms with Crippen LogP contribution in [0.4, 0.5) is 10.1 Å². The molecular weight excluding hydrogens is 481 g/mol. The molecule has 0 saturated heterocycles. The zero-order chi connectivity index (χ0) is 26.9. The molecule has 0 fully saturated rings. The van der Waals surface area contributed by atoms with E-state index >= 15 is 0 Å². The predicted octanol–water partition coefficient (Wildman–Crippen LogP) is 4.26. The van der Waals surface area contributed by atoms with E-state index in [1.807, 2.05) is 52.0 Å². The predicted molar refractivity (Wildman–Crippen MR) is 141 cm³/mol. The topological polar surface area (TPSA) is 86.8 Å². The molecular formula is C27H38FN3O4S. The Hall–Kier alpha value is -2.94. The van der Waals surface area contributed by atoms with Crippen molar-refractivity contribution in [2.75, 3.05) is 23.7 Å². The molecule has 0 saturated carbocycles. The van der Waals surface area contributed by atoms with Crippen LogP contribution in [0.1, 0.15) is 51.2 Å². The van der Waals surface area contributed by atoms with Crippen molar-refractivity contribution in [1.29, 1.82) is 0 Å². The van der Waals surface area contributed by atoms with Crippen LogP contribution in [0.2, 0.25) is 0 Å². The minimum atomic E-state index is -3.63. The normalized spacial score (nSPS) is 12.3. The van der Waals surface area contributed by atoms with Gasteiger partial charge in [-0.2, -0.15) is 0 Å². The monoisotopic (exact) mass is 519 g/mol. The zero-order valence-electron chi connectivity index (χ0n) is 21.8. The minimum absolute atomic E-state index is 0.0603. The van der Waals surface area contributed by atoms with Crippen molar-refractivity contribution >= 4 is 27.5 Å². The van der Waals surface area contributed by atoms with Gasteiger partial charge in [0.05, 0.1) is 11.9 Å². The van der Waals surface area contributed by atoms with Gasteiger partial charge in [-0.05, 0) is 55.5 Å². The van der Waals surface area contributed by atoms with E-state index in [1.165, 1.54) is 24.3 Å². The van der Waals surface area contributed by atoms with Crippen molar-refractivity contribution in [2.45, 2.75) is 59.5 Å². The molecule has 0 heterocycles. The number of halogens is 1. The molecule has 2 aromatic rings. The summed E-state index contributed by atoms with van der Waals surface area (Å²) in [7, 11) is -3.63. The fourth-order valence-corrected chi connectivity index (χ4v) is 4.93. The quantitative estimate of drug-likeness (QED) is 0.428. The fourth-order valence-electron chi connectivity index (χ4n) is 3.96. The molecule has 0 radical (unpaired) electrons. The first-order chi connectivity index (χ1) is 16.9. The number of anilines is 1. The van der Waals surface area contributed by atoms with Gasteiger partial charge in [0.2, 0.25) is 21.8 Å². The number of carbonyl (C=O) groups excluding carboxylic acids is 2. The summed E-state index contributed by atoms with van der Waals surface area (Å²) in [5.41, 5.74) is 2.31. The van der Waals surface area contributed by atoms with E-state index in [0.29, 0.717) is 18.7 Å². The maximum atomic E-state index is 13.4. The average molecular weight is 520 g/mol. The van der Waals surface area contributed by atoms with Crippen molar-refractivity contribution in [3.63, 3.8) is 0 Å². The number of carbonyl (C=O) groups is 2. The van der Waals surface area contributed by atoms with Gasteiger partial charge >= 0.3 is 0 Å². The summed E-state index contributed by atoms with van der Waals surface area (Å²) in [4.78, 5) is 28.0. The first kappa shape index (κ1) is 29.3. The summed E-state index contributed by atoms with van der Waals surface area (Å²) in [5, 5.41) is 2.93. The molecule has 0 aliphatic heterocycles. The number of amides is 2. The third-order valence-electron chi connectivity index (χ3n) is 5.77. The number of nitrogens with one attached hydrogen (secondary N) is 1. The average Bonchev–Trinajstić information content (AvgIpc) is 2.80. The smallest absolute Gasteiger partial charge is 0.242 e. The summed E-state index contributed by atoms with van der Waals surface area (Å²) in [6.07, 6.45) is 1.84. The molecule has 0 aromatic heterocycles. The fraction of sp³-hybridized carbons (Fsp3) is 0.481. The molecule has 0 unspecified atom stereocenters. The van der Waals surface area contributed by atoms with E-state index in [2.05, 4.69) is 5.32 Å². The molecule has 0 aliphatic rings. The Bertz CT molecular complexity index is 1120. The van der Waals surface area contributed by atoms with Crippen LogP contribution in [0.3, 0.4) is 0 Å². The van der Waals surface area contributed by atoms with Crippen molar-refractivity contribution < 1.29 is 22.4 Å². The highest BCUT2D eigenvalue weighted by Crippen LogP contribution is 2.20. The lowest BCUT2D eigenvalue weighted by atomic mass is 10.1. The van der Waals surface area contributed by atoms with E-state index in [0.717, 1.165) is 21.7 Å². The van der Waals surface area contributed by atoms with Gasteiger partial charge in [0.25, 0.3) is 0 Å². The van der Waals surface area contributed by atoms with Crippen LogP contribution in [0.5, 0.6) is 0 Å². The van der Waals surface area contributed by atoms with Crippen LogP contribution in [0.25, 0.3) is 0 Å². The Morgan fingerprint density at radius 1 is 1.08 bits per heavy atom. The molecule has 0 bridgehead atoms. The van der Waals surface area contributed by atoms with Crippen LogP contribution < -0.4 is 9.62 Å². The number of benzene rings is 2. The second-order valence-electron chi connectivity index (χ2n) is 9.49. The Morgan fingerprint density at radius 2 is 1.75 bits per heavy atom. The van der Waals surface area contributed by atoms with Gasteiger partial charge in [-0.3, -0.25) is 13.9 Å². The molecule has 2 rings (SSSR count). The second kappa shape index (κ2) is 13.4. The molecule has 0 spiro atoms. The van der Waals surface area contributed by atoms with Crippen molar-refractivity contribution in [2.24, 2.45) is 5.92 Å². The molecule has 9 heteroatoms. The maximum absolute atomic E-state index is 13.4. The van der Waals surface area contributed by atoms with Gasteiger partial charge in [0.1, 0.15) is 11.9 Å². The van der Waals surface area contributed by atoms with Gasteiger partial charge in [0.15, 0.2) is 0 Å². The zero-order valence-corrected chi connectivity index (χ0v) is 22.6. The lowest BCUT2D eigenvalue weighted by molar-refractivity contribution is -0.141. The molecule has 36 heavy (non-hydrogen) atoms. The summed E-state index contributed by atoms with van der Waals surface area (Å²) in [6.45, 7) is 8.71. The molecule has 7 nitrogen and oxygen atoms in total. The maximum Gasteiger partial charge on any atom is 0.242 e. The summed E-state index contributed by atoms with van der Waals surface area (Å²) in [5.74, 6) is -0.608. The van der Waals surface area contributed by atoms with E-state index in [4.69, 9.17) is 0 Å². The van der Waals surface area contributed by atoms with Gasteiger partial charge in [-0.25, -0.2) is 12.8 Å². The largest absolute Gasteiger partial charge is 0.354 e. The van der Waals surface area contributed by atoms with E-state index in [-0.39, 0.29) is 43.7 Å². The van der Waals surface area contributed by atoms with E-state index in [9.17, 15) is 22.4 Å². The summed E-state index contributed by atoms with van der Waals surface area (Å²) < 4.78 is 39.2. The standard InChI is InChI=1S/C27H38FN3O4S/c1-6-25(27(33)29-18-20(2)3)30(19-22-10-7-9-21(4)17-22)26(32)11-8-16-31(36(5,34)35)24-14-12-23(28)13-15-24/h7,9-10,12-15,17,20,25H,6,8,11,16,18-19H2,1-5H3,(H,29,33)/t25-/m1/s1. The third kappa shape index (κ3) is 8.93. The van der Waals surface area contributed by atoms with Crippen LogP contribution >= 0.6 is 0 Å². The SMILES string of the molecule is CC[C@H](C(=O)NCC(C)C)N(Cc1cccc(C)c1)C(=O)CCCN(c1ccc(F)cc1)S(C)(=O)=O. The highest BCUT2D eigenvalue weighted by Gasteiger charge is 2.29. The van der Waals surface area contributed by atoms with Crippen LogP contribution in [-0.2, 0) is 26.2 Å². The number of hydrogen-bond acceptors (Lipinski definition) is 4. The minimum Gasteiger partial charge on any atom is -0.354 e. The number of aryl methyl sites for hydroxylation is 1. The highest BCUT2D eigenvalue weighted by molar-refractivity contribution is 7.92. The first-order valence-electron chi connectivity index (χ1n) is 12.3. The second-order valence-corrected chi connectivity index (χ2v) is 11.4. The molecule has 198 valence electrons. The number of nitrogens with zero attached hydrogens (tertiary/aromatic N) is 2. The van der Waals surface area contributed by atoms with Crippen LogP contribution in [0, 0.1) is 18.7 Å². The van der Waals surface area contributed by atoms with Crippen molar-refractivity contribution in [1.82, 2.24) is 10.2 Å². The Kier molecular flexibility index (Phi) is 10.9. The molecule has 2 aromatic carbocycles. The molecule has 1 atom stereocenters. The third-order valence-corrected chi connectivity index (χ3v) is 6.97. The first-order valence-corrected chi connectivity index (χ1v) is 14.1. The van der Waals surface area contributed by atoms with E-state index in [1.54, 1.807) is 4.90 Å². The van der Waals surface area contributed by atoms with Gasteiger partial charge < -0.3 is 10.2 Å². The molecule has 1 N–H and O–H groups in total. The molecule has 2 amide bonds. The van der Waals surface area contributed by atoms with Crippen molar-refractivity contribution in [3.05, 3.63) is 65.5 Å². The van der Waals surface area contributed by atoms with Gasteiger partial charge in [-0.1, -0.05) is 50.6 Å². The van der Waals surface area contributed by atoms with Gasteiger partial charge in [0, 0.05) is 26.1 Å². The highest BCUT2D eigenvalue weighted by atomic mass is 32.2. The van der Waals surface area contributed by atoms with E-state index < -0.39 is 21.9 Å². The Labute approximate surface area is 214 Å². The molecule has 0 aliphatic carbocycles. The Balaban J connectivity index is 2.20. The Morgan fingerprint density at radius 3 is 2.31 bits per heavy atom. The van der Waals surface area contributed by atoms with Crippen LogP contribution in [-0.4, -0.2) is 50.5 Å². The summed E-state index contributed by atoms with van der Waals surface area (Å²) >= 11 is 0. The van der Waals surface area contributed by atoms with Crippen LogP contribution in [0.15, 0.2) is 48.5 Å². The number of hydrogen-bond donors (Lipinski definition) is 1. The lowest BCUT2D eigenvalue weighted by Gasteiger charge is -2.31. The lowest BCUT2D eigenvalue weighted by Crippen LogP contribution is -2.49. The van der Waals surface area contributed by atoms with Crippen molar-refractivity contribution in [3.8, 4) is 0 Å². The number of rotatable bonds is 13. The number of sulfonamides is 1. The van der Waals surface area contributed by atoms with Gasteiger partial charge in [-0.15, -0.1) is 0 Å².